The summed E-state index contributed by atoms with van der Waals surface area (Å²) in [6.45, 7) is 3.50. The van der Waals surface area contributed by atoms with Crippen molar-refractivity contribution < 1.29 is 9.53 Å². The Morgan fingerprint density at radius 3 is 2.63 bits per heavy atom. The minimum atomic E-state index is -0.00404. The Kier molecular flexibility index (Phi) is 7.41. The molecule has 1 amide bonds. The summed E-state index contributed by atoms with van der Waals surface area (Å²) in [4.78, 5) is 21.0. The van der Waals surface area contributed by atoms with Crippen LogP contribution < -0.4 is 15.4 Å². The second-order valence-corrected chi connectivity index (χ2v) is 5.96. The molecule has 0 radical (unpaired) electrons. The molecule has 2 heterocycles. The van der Waals surface area contributed by atoms with Gasteiger partial charge < -0.3 is 20.3 Å². The largest absolute Gasteiger partial charge is 0.492 e. The molecule has 142 valence electrons. The fourth-order valence-corrected chi connectivity index (χ4v) is 2.86. The van der Waals surface area contributed by atoms with Gasteiger partial charge in [-0.3, -0.25) is 4.79 Å². The van der Waals surface area contributed by atoms with Gasteiger partial charge in [0.05, 0.1) is 5.56 Å². The van der Waals surface area contributed by atoms with E-state index >= 15 is 0 Å². The molecule has 1 fully saturated rings. The van der Waals surface area contributed by atoms with Crippen LogP contribution in [-0.2, 0) is 0 Å². The van der Waals surface area contributed by atoms with Gasteiger partial charge in [0.15, 0.2) is 0 Å². The number of pyridine rings is 1. The third kappa shape index (κ3) is 5.09. The number of carbonyl (C=O) groups excluding carboxylic acids is 1. The molecule has 1 aliphatic rings. The highest BCUT2D eigenvalue weighted by Gasteiger charge is 2.23. The normalized spacial score (nSPS) is 13.5. The summed E-state index contributed by atoms with van der Waals surface area (Å²) in [6, 6.07) is 12.9. The first-order valence-corrected chi connectivity index (χ1v) is 8.54. The fourth-order valence-electron chi connectivity index (χ4n) is 2.86. The Hall–Kier alpha value is -2.82. The summed E-state index contributed by atoms with van der Waals surface area (Å²) < 4.78 is 5.49. The zero-order chi connectivity index (χ0) is 18.4. The molecule has 3 rings (SSSR count). The third-order valence-electron chi connectivity index (χ3n) is 4.24. The van der Waals surface area contributed by atoms with Gasteiger partial charge in [-0.2, -0.15) is 5.26 Å². The molecule has 7 nitrogen and oxygen atoms in total. The number of anilines is 1. The van der Waals surface area contributed by atoms with Crippen molar-refractivity contribution in [3.8, 4) is 11.8 Å². The fraction of sp³-hybridized carbons (Fsp3) is 0.316. The smallest absolute Gasteiger partial charge is 0.254 e. The molecule has 2 N–H and O–H groups in total. The molecule has 0 bridgehead atoms. The van der Waals surface area contributed by atoms with Crippen LogP contribution >= 0.6 is 12.4 Å². The Bertz CT molecular complexity index is 798. The first kappa shape index (κ1) is 20.5. The number of halogens is 1. The number of ether oxygens (including phenoxy) is 1. The van der Waals surface area contributed by atoms with E-state index in [1.807, 2.05) is 23.1 Å². The zero-order valence-corrected chi connectivity index (χ0v) is 15.7. The highest BCUT2D eigenvalue weighted by atomic mass is 35.5. The van der Waals surface area contributed by atoms with E-state index in [9.17, 15) is 4.79 Å². The minimum Gasteiger partial charge on any atom is -0.492 e. The molecule has 27 heavy (non-hydrogen) atoms. The highest BCUT2D eigenvalue weighted by Crippen LogP contribution is 2.18. The SMILES string of the molecule is Cl.N#Cc1ccc(N2CCN(C(=O)c3cccc(OCCN)c3)CC2)nc1. The van der Waals surface area contributed by atoms with Gasteiger partial charge in [-0.15, -0.1) is 12.4 Å². The lowest BCUT2D eigenvalue weighted by Crippen LogP contribution is -2.49. The number of piperazine rings is 1. The number of amides is 1. The average molecular weight is 388 g/mol. The van der Waals surface area contributed by atoms with Gasteiger partial charge in [0.2, 0.25) is 0 Å². The summed E-state index contributed by atoms with van der Waals surface area (Å²) in [6.07, 6.45) is 1.57. The quantitative estimate of drug-likeness (QED) is 0.838. The molecular weight excluding hydrogens is 366 g/mol. The number of aromatic nitrogens is 1. The van der Waals surface area contributed by atoms with E-state index in [0.717, 1.165) is 5.82 Å². The lowest BCUT2D eigenvalue weighted by Gasteiger charge is -2.35. The third-order valence-corrected chi connectivity index (χ3v) is 4.24. The summed E-state index contributed by atoms with van der Waals surface area (Å²) in [7, 11) is 0. The summed E-state index contributed by atoms with van der Waals surface area (Å²) >= 11 is 0. The van der Waals surface area contributed by atoms with Gasteiger partial charge >= 0.3 is 0 Å². The van der Waals surface area contributed by atoms with Crippen molar-refractivity contribution in [3.63, 3.8) is 0 Å². The van der Waals surface area contributed by atoms with Gasteiger partial charge in [0.1, 0.15) is 24.2 Å². The molecule has 2 aromatic rings. The van der Waals surface area contributed by atoms with Gasteiger partial charge in [0, 0.05) is 44.5 Å². The van der Waals surface area contributed by atoms with E-state index in [0.29, 0.717) is 56.2 Å². The van der Waals surface area contributed by atoms with Crippen LogP contribution in [0.2, 0.25) is 0 Å². The maximum Gasteiger partial charge on any atom is 0.254 e. The molecule has 0 aliphatic carbocycles. The van der Waals surface area contributed by atoms with E-state index in [2.05, 4.69) is 16.0 Å². The number of carbonyl (C=O) groups is 1. The van der Waals surface area contributed by atoms with Crippen molar-refractivity contribution in [3.05, 3.63) is 53.7 Å². The van der Waals surface area contributed by atoms with Crippen LogP contribution in [0.15, 0.2) is 42.6 Å². The van der Waals surface area contributed by atoms with E-state index < -0.39 is 0 Å². The van der Waals surface area contributed by atoms with Gasteiger partial charge in [0.25, 0.3) is 5.91 Å². The predicted octanol–water partition coefficient (Wildman–Crippen LogP) is 1.67. The molecule has 0 unspecified atom stereocenters. The van der Waals surface area contributed by atoms with Crippen LogP contribution in [0.5, 0.6) is 5.75 Å². The lowest BCUT2D eigenvalue weighted by molar-refractivity contribution is 0.0746. The van der Waals surface area contributed by atoms with Crippen molar-refractivity contribution in [2.24, 2.45) is 5.73 Å². The van der Waals surface area contributed by atoms with Gasteiger partial charge in [-0.05, 0) is 30.3 Å². The van der Waals surface area contributed by atoms with E-state index in [1.165, 1.54) is 0 Å². The van der Waals surface area contributed by atoms with Crippen LogP contribution in [-0.4, -0.2) is 55.1 Å². The number of nitrogens with two attached hydrogens (primary N) is 1. The first-order valence-electron chi connectivity index (χ1n) is 8.54. The second kappa shape index (κ2) is 9.76. The Morgan fingerprint density at radius 1 is 1.22 bits per heavy atom. The highest BCUT2D eigenvalue weighted by molar-refractivity contribution is 5.94. The summed E-state index contributed by atoms with van der Waals surface area (Å²) in [5, 5.41) is 8.85. The van der Waals surface area contributed by atoms with Crippen LogP contribution in [0.1, 0.15) is 15.9 Å². The maximum absolute atomic E-state index is 12.7. The Labute approximate surface area is 164 Å². The van der Waals surface area contributed by atoms with E-state index in [4.69, 9.17) is 15.7 Å². The van der Waals surface area contributed by atoms with Crippen molar-refractivity contribution >= 4 is 24.1 Å². The Morgan fingerprint density at radius 2 is 2.00 bits per heavy atom. The van der Waals surface area contributed by atoms with Crippen molar-refractivity contribution in [2.75, 3.05) is 44.2 Å². The molecule has 8 heteroatoms. The molecular formula is C19H22ClN5O2. The van der Waals surface area contributed by atoms with Gasteiger partial charge in [-0.1, -0.05) is 6.07 Å². The summed E-state index contributed by atoms with van der Waals surface area (Å²) in [5.41, 5.74) is 6.60. The summed E-state index contributed by atoms with van der Waals surface area (Å²) in [5.74, 6) is 1.48. The predicted molar refractivity (Wildman–Crippen MR) is 105 cm³/mol. The molecule has 0 spiro atoms. The molecule has 0 atom stereocenters. The van der Waals surface area contributed by atoms with Crippen LogP contribution in [0.3, 0.4) is 0 Å². The van der Waals surface area contributed by atoms with E-state index in [-0.39, 0.29) is 18.3 Å². The first-order chi connectivity index (χ1) is 12.7. The van der Waals surface area contributed by atoms with E-state index in [1.54, 1.807) is 24.4 Å². The number of hydrogen-bond donors (Lipinski definition) is 1. The van der Waals surface area contributed by atoms with Crippen molar-refractivity contribution in [1.29, 1.82) is 5.26 Å². The topological polar surface area (TPSA) is 95.5 Å². The van der Waals surface area contributed by atoms with Crippen LogP contribution in [0, 0.1) is 11.3 Å². The Balaban J connectivity index is 0.00000261. The number of nitriles is 1. The number of benzene rings is 1. The molecule has 1 aromatic carbocycles. The van der Waals surface area contributed by atoms with Crippen LogP contribution in [0.25, 0.3) is 0 Å². The number of rotatable bonds is 5. The lowest BCUT2D eigenvalue weighted by atomic mass is 10.1. The molecule has 1 saturated heterocycles. The van der Waals surface area contributed by atoms with Crippen molar-refractivity contribution in [2.45, 2.75) is 0 Å². The van der Waals surface area contributed by atoms with Crippen molar-refractivity contribution in [1.82, 2.24) is 9.88 Å². The molecule has 0 saturated carbocycles. The standard InChI is InChI=1S/C19H21N5O2.ClH/c20-6-11-26-17-3-1-2-16(12-17)19(25)24-9-7-23(8-10-24)18-5-4-15(13-21)14-22-18;/h1-5,12,14H,6-11,20H2;1H. The average Bonchev–Trinajstić information content (AvgIpc) is 2.72. The second-order valence-electron chi connectivity index (χ2n) is 5.96. The minimum absolute atomic E-state index is 0. The maximum atomic E-state index is 12.7. The van der Waals surface area contributed by atoms with Crippen LogP contribution in [0.4, 0.5) is 5.82 Å². The number of nitrogens with zero attached hydrogens (tertiary/aromatic N) is 4. The zero-order valence-electron chi connectivity index (χ0n) is 14.9. The monoisotopic (exact) mass is 387 g/mol. The van der Waals surface area contributed by atoms with Gasteiger partial charge in [-0.25, -0.2) is 4.98 Å². The molecule has 1 aliphatic heterocycles. The molecule has 1 aromatic heterocycles. The number of hydrogen-bond acceptors (Lipinski definition) is 6.